The average molecular weight is 274 g/mol. The summed E-state index contributed by atoms with van der Waals surface area (Å²) in [5.74, 6) is -1.64. The van der Waals surface area contributed by atoms with E-state index in [2.05, 4.69) is 10.2 Å². The van der Waals surface area contributed by atoms with E-state index in [1.54, 1.807) is 0 Å². The Kier molecular flexibility index (Phi) is 5.47. The number of hydrogen-bond acceptors (Lipinski definition) is 5. The molecule has 0 unspecified atom stereocenters. The molecule has 0 saturated carbocycles. The van der Waals surface area contributed by atoms with E-state index in [9.17, 15) is 9.59 Å². The summed E-state index contributed by atoms with van der Waals surface area (Å²) in [5, 5.41) is 16.0. The zero-order valence-corrected chi connectivity index (χ0v) is 10.4. The fourth-order valence-corrected chi connectivity index (χ4v) is 1.31. The van der Waals surface area contributed by atoms with Crippen molar-refractivity contribution in [1.82, 2.24) is 15.1 Å². The molecule has 1 aromatic rings. The van der Waals surface area contributed by atoms with Gasteiger partial charge in [-0.25, -0.2) is 0 Å². The second kappa shape index (κ2) is 6.87. The molecule has 1 amide bonds. The molecule has 0 aliphatic carbocycles. The van der Waals surface area contributed by atoms with E-state index in [0.29, 0.717) is 0 Å². The van der Waals surface area contributed by atoms with E-state index in [1.807, 2.05) is 0 Å². The standard InChI is InChI=1S/C10H12ClN3O4/c1-18-5-4-14(6-9(15)16)10(17)7-2-3-8(11)13-12-7/h2-3H,4-6H2,1H3,(H,15,16). The second-order valence-electron chi connectivity index (χ2n) is 3.35. The molecule has 1 rings (SSSR count). The Hall–Kier alpha value is -1.73. The second-order valence-corrected chi connectivity index (χ2v) is 3.74. The van der Waals surface area contributed by atoms with Crippen molar-refractivity contribution in [3.63, 3.8) is 0 Å². The molecule has 98 valence electrons. The third-order valence-corrected chi connectivity index (χ3v) is 2.23. The summed E-state index contributed by atoms with van der Waals surface area (Å²) in [5.41, 5.74) is 0.0387. The minimum Gasteiger partial charge on any atom is -0.480 e. The molecule has 0 aliphatic heterocycles. The minimum atomic E-state index is -1.11. The van der Waals surface area contributed by atoms with E-state index in [1.165, 1.54) is 19.2 Å². The number of rotatable bonds is 6. The number of carbonyl (C=O) groups excluding carboxylic acids is 1. The molecule has 8 heteroatoms. The van der Waals surface area contributed by atoms with Crippen molar-refractivity contribution in [3.8, 4) is 0 Å². The smallest absolute Gasteiger partial charge is 0.323 e. The topological polar surface area (TPSA) is 92.6 Å². The monoisotopic (exact) mass is 273 g/mol. The molecule has 0 bridgehead atoms. The average Bonchev–Trinajstić information content (AvgIpc) is 2.34. The largest absolute Gasteiger partial charge is 0.480 e. The highest BCUT2D eigenvalue weighted by Gasteiger charge is 2.19. The van der Waals surface area contributed by atoms with E-state index in [0.717, 1.165) is 4.90 Å². The normalized spacial score (nSPS) is 10.1. The molecule has 0 atom stereocenters. The van der Waals surface area contributed by atoms with Crippen molar-refractivity contribution < 1.29 is 19.4 Å². The number of carbonyl (C=O) groups is 2. The molecule has 18 heavy (non-hydrogen) atoms. The van der Waals surface area contributed by atoms with Gasteiger partial charge in [-0.3, -0.25) is 9.59 Å². The number of ether oxygens (including phenoxy) is 1. The highest BCUT2D eigenvalue weighted by atomic mass is 35.5. The molecule has 0 fully saturated rings. The summed E-state index contributed by atoms with van der Waals surface area (Å²) in [6, 6.07) is 2.80. The van der Waals surface area contributed by atoms with Crippen molar-refractivity contribution >= 4 is 23.5 Å². The van der Waals surface area contributed by atoms with Gasteiger partial charge in [-0.1, -0.05) is 11.6 Å². The van der Waals surface area contributed by atoms with Crippen LogP contribution >= 0.6 is 11.6 Å². The number of methoxy groups -OCH3 is 1. The maximum Gasteiger partial charge on any atom is 0.323 e. The van der Waals surface area contributed by atoms with Crippen molar-refractivity contribution in [3.05, 3.63) is 23.0 Å². The number of carboxylic acids is 1. The van der Waals surface area contributed by atoms with E-state index in [4.69, 9.17) is 21.4 Å². The van der Waals surface area contributed by atoms with Crippen LogP contribution in [0.2, 0.25) is 5.15 Å². The van der Waals surface area contributed by atoms with Gasteiger partial charge in [0.1, 0.15) is 6.54 Å². The third kappa shape index (κ3) is 4.27. The molecule has 7 nitrogen and oxygen atoms in total. The van der Waals surface area contributed by atoms with Crippen LogP contribution in [-0.2, 0) is 9.53 Å². The Morgan fingerprint density at radius 2 is 2.17 bits per heavy atom. The molecule has 0 saturated heterocycles. The summed E-state index contributed by atoms with van der Waals surface area (Å²) in [4.78, 5) is 23.7. The molecule has 0 aliphatic rings. The van der Waals surface area contributed by atoms with E-state index < -0.39 is 18.4 Å². The Morgan fingerprint density at radius 1 is 1.44 bits per heavy atom. The first-order valence-corrected chi connectivity index (χ1v) is 5.41. The highest BCUT2D eigenvalue weighted by molar-refractivity contribution is 6.29. The van der Waals surface area contributed by atoms with Crippen LogP contribution in [0.25, 0.3) is 0 Å². The molecular formula is C10H12ClN3O4. The van der Waals surface area contributed by atoms with E-state index >= 15 is 0 Å². The maximum absolute atomic E-state index is 12.0. The Balaban J connectivity index is 2.80. The van der Waals surface area contributed by atoms with E-state index in [-0.39, 0.29) is 24.0 Å². The summed E-state index contributed by atoms with van der Waals surface area (Å²) in [6.45, 7) is -0.0293. The predicted molar refractivity (Wildman–Crippen MR) is 62.5 cm³/mol. The molecule has 1 N–H and O–H groups in total. The lowest BCUT2D eigenvalue weighted by Crippen LogP contribution is -2.38. The fraction of sp³-hybridized carbons (Fsp3) is 0.400. The Labute approximate surface area is 108 Å². The number of carboxylic acid groups (broad SMARTS) is 1. The van der Waals surface area contributed by atoms with Gasteiger partial charge < -0.3 is 14.7 Å². The number of nitrogens with zero attached hydrogens (tertiary/aromatic N) is 3. The van der Waals surface area contributed by atoms with Gasteiger partial charge in [-0.15, -0.1) is 10.2 Å². The Bertz CT molecular complexity index is 424. The fourth-order valence-electron chi connectivity index (χ4n) is 1.21. The van der Waals surface area contributed by atoms with Crippen LogP contribution in [0.5, 0.6) is 0 Å². The molecule has 0 spiro atoms. The van der Waals surface area contributed by atoms with Crippen molar-refractivity contribution in [2.24, 2.45) is 0 Å². The van der Waals surface area contributed by atoms with Crippen LogP contribution in [-0.4, -0.2) is 58.9 Å². The predicted octanol–water partition coefficient (Wildman–Crippen LogP) is 0.303. The van der Waals surface area contributed by atoms with Crippen LogP contribution < -0.4 is 0 Å². The first kappa shape index (κ1) is 14.3. The maximum atomic E-state index is 12.0. The summed E-state index contributed by atoms with van der Waals surface area (Å²) in [7, 11) is 1.46. The molecule has 1 heterocycles. The van der Waals surface area contributed by atoms with Crippen molar-refractivity contribution in [2.45, 2.75) is 0 Å². The number of amides is 1. The molecular weight excluding hydrogens is 262 g/mol. The van der Waals surface area contributed by atoms with Gasteiger partial charge >= 0.3 is 5.97 Å². The number of aromatic nitrogens is 2. The van der Waals surface area contributed by atoms with Gasteiger partial charge in [0.15, 0.2) is 10.8 Å². The van der Waals surface area contributed by atoms with Gasteiger partial charge in [0, 0.05) is 13.7 Å². The minimum absolute atomic E-state index is 0.0387. The number of hydrogen-bond donors (Lipinski definition) is 1. The van der Waals surface area contributed by atoms with Crippen molar-refractivity contribution in [1.29, 1.82) is 0 Å². The lowest BCUT2D eigenvalue weighted by Gasteiger charge is -2.19. The van der Waals surface area contributed by atoms with Crippen LogP contribution in [0.4, 0.5) is 0 Å². The molecule has 0 aromatic carbocycles. The van der Waals surface area contributed by atoms with Gasteiger partial charge in [0.25, 0.3) is 5.91 Å². The first-order chi connectivity index (χ1) is 8.54. The quantitative estimate of drug-likeness (QED) is 0.801. The lowest BCUT2D eigenvalue weighted by atomic mass is 10.3. The molecule has 0 radical (unpaired) electrons. The summed E-state index contributed by atoms with van der Waals surface area (Å²) >= 11 is 5.55. The SMILES string of the molecule is COCCN(CC(=O)O)C(=O)c1ccc(Cl)nn1. The van der Waals surface area contributed by atoms with Gasteiger partial charge in [0.2, 0.25) is 0 Å². The zero-order valence-electron chi connectivity index (χ0n) is 9.67. The molecule has 1 aromatic heterocycles. The van der Waals surface area contributed by atoms with Crippen LogP contribution in [0, 0.1) is 0 Å². The third-order valence-electron chi connectivity index (χ3n) is 2.03. The van der Waals surface area contributed by atoms with Gasteiger partial charge in [-0.2, -0.15) is 0 Å². The van der Waals surface area contributed by atoms with Crippen LogP contribution in [0.1, 0.15) is 10.5 Å². The zero-order chi connectivity index (χ0) is 13.5. The first-order valence-electron chi connectivity index (χ1n) is 5.04. The van der Waals surface area contributed by atoms with Gasteiger partial charge in [-0.05, 0) is 12.1 Å². The number of halogens is 1. The van der Waals surface area contributed by atoms with Crippen LogP contribution in [0.15, 0.2) is 12.1 Å². The lowest BCUT2D eigenvalue weighted by molar-refractivity contribution is -0.137. The Morgan fingerprint density at radius 3 is 2.67 bits per heavy atom. The highest BCUT2D eigenvalue weighted by Crippen LogP contribution is 2.05. The number of aliphatic carboxylic acids is 1. The van der Waals surface area contributed by atoms with Crippen LogP contribution in [0.3, 0.4) is 0 Å². The van der Waals surface area contributed by atoms with Crippen molar-refractivity contribution in [2.75, 3.05) is 26.8 Å². The van der Waals surface area contributed by atoms with Gasteiger partial charge in [0.05, 0.1) is 6.61 Å². The summed E-state index contributed by atoms with van der Waals surface area (Å²) in [6.07, 6.45) is 0. The summed E-state index contributed by atoms with van der Waals surface area (Å²) < 4.78 is 4.82.